The Morgan fingerprint density at radius 1 is 1.32 bits per heavy atom. The van der Waals surface area contributed by atoms with Gasteiger partial charge in [0.25, 0.3) is 5.92 Å². The Balaban J connectivity index is 2.63. The SMILES string of the molecule is CCC(F)(F)c1ccc(OCCCN(C)C)c(N)c1. The average Bonchev–Trinajstić information content (AvgIpc) is 2.35. The van der Waals surface area contributed by atoms with Gasteiger partial charge in [-0.1, -0.05) is 6.92 Å². The molecule has 0 saturated carbocycles. The van der Waals surface area contributed by atoms with Crippen LogP contribution in [0.4, 0.5) is 14.5 Å². The summed E-state index contributed by atoms with van der Waals surface area (Å²) >= 11 is 0. The van der Waals surface area contributed by atoms with Crippen LogP contribution in [-0.2, 0) is 5.92 Å². The highest BCUT2D eigenvalue weighted by Gasteiger charge is 2.29. The van der Waals surface area contributed by atoms with Crippen molar-refractivity contribution in [1.82, 2.24) is 4.90 Å². The van der Waals surface area contributed by atoms with Gasteiger partial charge in [0, 0.05) is 18.5 Å². The van der Waals surface area contributed by atoms with E-state index in [0.29, 0.717) is 12.4 Å². The average molecular weight is 272 g/mol. The van der Waals surface area contributed by atoms with Crippen molar-refractivity contribution >= 4 is 5.69 Å². The Kier molecular flexibility index (Phi) is 5.54. The van der Waals surface area contributed by atoms with Gasteiger partial charge in [-0.25, -0.2) is 8.78 Å². The lowest BCUT2D eigenvalue weighted by Gasteiger charge is -2.17. The molecule has 0 bridgehead atoms. The number of hydrogen-bond acceptors (Lipinski definition) is 3. The number of nitrogens with zero attached hydrogens (tertiary/aromatic N) is 1. The van der Waals surface area contributed by atoms with Crippen molar-refractivity contribution in [3.8, 4) is 5.75 Å². The summed E-state index contributed by atoms with van der Waals surface area (Å²) in [6, 6.07) is 4.19. The van der Waals surface area contributed by atoms with Crippen LogP contribution in [0.1, 0.15) is 25.3 Å². The van der Waals surface area contributed by atoms with E-state index in [4.69, 9.17) is 10.5 Å². The summed E-state index contributed by atoms with van der Waals surface area (Å²) in [7, 11) is 3.96. The molecule has 108 valence electrons. The number of nitrogen functional groups attached to an aromatic ring is 1. The first-order valence-corrected chi connectivity index (χ1v) is 6.42. The highest BCUT2D eigenvalue weighted by molar-refractivity contribution is 5.55. The molecule has 0 radical (unpaired) electrons. The van der Waals surface area contributed by atoms with Crippen molar-refractivity contribution in [2.24, 2.45) is 0 Å². The minimum absolute atomic E-state index is 0.0619. The summed E-state index contributed by atoms with van der Waals surface area (Å²) < 4.78 is 32.5. The van der Waals surface area contributed by atoms with Crippen molar-refractivity contribution in [2.75, 3.05) is 33.0 Å². The van der Waals surface area contributed by atoms with Crippen molar-refractivity contribution in [1.29, 1.82) is 0 Å². The zero-order valence-corrected chi connectivity index (χ0v) is 11.7. The van der Waals surface area contributed by atoms with Crippen LogP contribution in [0.3, 0.4) is 0 Å². The molecular weight excluding hydrogens is 250 g/mol. The molecule has 5 heteroatoms. The highest BCUT2D eigenvalue weighted by Crippen LogP contribution is 2.34. The fourth-order valence-electron chi connectivity index (χ4n) is 1.67. The van der Waals surface area contributed by atoms with Crippen LogP contribution in [0, 0.1) is 0 Å². The molecule has 3 nitrogen and oxygen atoms in total. The molecule has 0 aliphatic rings. The smallest absolute Gasteiger partial charge is 0.273 e. The van der Waals surface area contributed by atoms with E-state index in [1.165, 1.54) is 25.1 Å². The van der Waals surface area contributed by atoms with Crippen molar-refractivity contribution in [3.63, 3.8) is 0 Å². The minimum atomic E-state index is -2.84. The number of hydrogen-bond donors (Lipinski definition) is 1. The maximum Gasteiger partial charge on any atom is 0.273 e. The maximum atomic E-state index is 13.5. The Bertz CT molecular complexity index is 408. The molecule has 1 aromatic carbocycles. The Labute approximate surface area is 113 Å². The van der Waals surface area contributed by atoms with Gasteiger partial charge in [-0.2, -0.15) is 0 Å². The molecule has 0 unspecified atom stereocenters. The normalized spacial score (nSPS) is 11.9. The van der Waals surface area contributed by atoms with Gasteiger partial charge in [-0.3, -0.25) is 0 Å². The highest BCUT2D eigenvalue weighted by atomic mass is 19.3. The number of halogens is 2. The van der Waals surface area contributed by atoms with Gasteiger partial charge in [-0.05, 0) is 38.7 Å². The second-order valence-corrected chi connectivity index (χ2v) is 4.82. The minimum Gasteiger partial charge on any atom is -0.491 e. The van der Waals surface area contributed by atoms with E-state index in [1.54, 1.807) is 0 Å². The molecule has 0 saturated heterocycles. The van der Waals surface area contributed by atoms with Gasteiger partial charge in [0.15, 0.2) is 0 Å². The van der Waals surface area contributed by atoms with Gasteiger partial charge in [0.1, 0.15) is 5.75 Å². The molecule has 0 heterocycles. The molecule has 0 aromatic heterocycles. The predicted molar refractivity (Wildman–Crippen MR) is 73.7 cm³/mol. The molecule has 0 fully saturated rings. The number of alkyl halides is 2. The summed E-state index contributed by atoms with van der Waals surface area (Å²) in [5.41, 5.74) is 5.94. The molecule has 1 rings (SSSR count). The first kappa shape index (κ1) is 15.7. The van der Waals surface area contributed by atoms with Crippen molar-refractivity contribution in [3.05, 3.63) is 23.8 Å². The zero-order valence-electron chi connectivity index (χ0n) is 11.7. The van der Waals surface area contributed by atoms with Crippen LogP contribution < -0.4 is 10.5 Å². The van der Waals surface area contributed by atoms with E-state index in [1.807, 2.05) is 14.1 Å². The summed E-state index contributed by atoms with van der Waals surface area (Å²) in [4.78, 5) is 2.05. The number of benzene rings is 1. The Hall–Kier alpha value is -1.36. The lowest BCUT2D eigenvalue weighted by atomic mass is 10.1. The summed E-state index contributed by atoms with van der Waals surface area (Å²) in [5, 5.41) is 0. The van der Waals surface area contributed by atoms with Crippen molar-refractivity contribution < 1.29 is 13.5 Å². The third-order valence-corrected chi connectivity index (χ3v) is 2.88. The molecular formula is C14H22F2N2O. The monoisotopic (exact) mass is 272 g/mol. The van der Waals surface area contributed by atoms with Crippen LogP contribution in [0.15, 0.2) is 18.2 Å². The zero-order chi connectivity index (χ0) is 14.5. The fraction of sp³-hybridized carbons (Fsp3) is 0.571. The maximum absolute atomic E-state index is 13.5. The van der Waals surface area contributed by atoms with Gasteiger partial charge in [0.2, 0.25) is 0 Å². The lowest BCUT2D eigenvalue weighted by molar-refractivity contribution is -0.00826. The third kappa shape index (κ3) is 4.67. The van der Waals surface area contributed by atoms with Crippen LogP contribution >= 0.6 is 0 Å². The third-order valence-electron chi connectivity index (χ3n) is 2.88. The van der Waals surface area contributed by atoms with Gasteiger partial charge in [-0.15, -0.1) is 0 Å². The number of anilines is 1. The van der Waals surface area contributed by atoms with E-state index in [0.717, 1.165) is 13.0 Å². The quantitative estimate of drug-likeness (QED) is 0.612. The fourth-order valence-corrected chi connectivity index (χ4v) is 1.67. The lowest BCUT2D eigenvalue weighted by Crippen LogP contribution is -2.16. The second-order valence-electron chi connectivity index (χ2n) is 4.82. The standard InChI is InChI=1S/C14H22F2N2O/c1-4-14(15,16)11-6-7-13(12(17)10-11)19-9-5-8-18(2)3/h6-7,10H,4-5,8-9,17H2,1-3H3. The van der Waals surface area contributed by atoms with Gasteiger partial charge >= 0.3 is 0 Å². The molecule has 0 spiro atoms. The van der Waals surface area contributed by atoms with Crippen molar-refractivity contribution in [2.45, 2.75) is 25.7 Å². The van der Waals surface area contributed by atoms with Crippen LogP contribution in [-0.4, -0.2) is 32.1 Å². The second kappa shape index (κ2) is 6.70. The first-order chi connectivity index (χ1) is 8.86. The van der Waals surface area contributed by atoms with Crippen LogP contribution in [0.2, 0.25) is 0 Å². The topological polar surface area (TPSA) is 38.5 Å². The predicted octanol–water partition coefficient (Wildman–Crippen LogP) is 3.10. The summed E-state index contributed by atoms with van der Waals surface area (Å²) in [6.45, 7) is 2.87. The van der Waals surface area contributed by atoms with E-state index in [-0.39, 0.29) is 17.7 Å². The van der Waals surface area contributed by atoms with E-state index >= 15 is 0 Å². The number of rotatable bonds is 7. The molecule has 2 N–H and O–H groups in total. The van der Waals surface area contributed by atoms with Crippen LogP contribution in [0.25, 0.3) is 0 Å². The molecule has 0 atom stereocenters. The van der Waals surface area contributed by atoms with E-state index in [2.05, 4.69) is 4.90 Å². The van der Waals surface area contributed by atoms with E-state index in [9.17, 15) is 8.78 Å². The Morgan fingerprint density at radius 2 is 2.00 bits per heavy atom. The van der Waals surface area contributed by atoms with Crippen LogP contribution in [0.5, 0.6) is 5.75 Å². The molecule has 0 aliphatic heterocycles. The van der Waals surface area contributed by atoms with E-state index < -0.39 is 5.92 Å². The van der Waals surface area contributed by atoms with Gasteiger partial charge in [0.05, 0.1) is 12.3 Å². The molecule has 19 heavy (non-hydrogen) atoms. The summed E-state index contributed by atoms with van der Waals surface area (Å²) in [5.74, 6) is -2.37. The summed E-state index contributed by atoms with van der Waals surface area (Å²) in [6.07, 6.45) is 0.620. The van der Waals surface area contributed by atoms with Gasteiger partial charge < -0.3 is 15.4 Å². The first-order valence-electron chi connectivity index (χ1n) is 6.42. The molecule has 1 aromatic rings. The Morgan fingerprint density at radius 3 is 2.53 bits per heavy atom. The number of ether oxygens (including phenoxy) is 1. The number of nitrogens with two attached hydrogens (primary N) is 1. The molecule has 0 amide bonds. The molecule has 0 aliphatic carbocycles. The largest absolute Gasteiger partial charge is 0.491 e.